The summed E-state index contributed by atoms with van der Waals surface area (Å²) in [5.41, 5.74) is 2.81. The van der Waals surface area contributed by atoms with Gasteiger partial charge in [-0.3, -0.25) is 9.59 Å². The Bertz CT molecular complexity index is 1030. The van der Waals surface area contributed by atoms with E-state index in [9.17, 15) is 9.59 Å². The van der Waals surface area contributed by atoms with E-state index in [1.807, 2.05) is 66.9 Å². The number of rotatable bonds is 6. The molecule has 1 N–H and O–H groups in total. The van der Waals surface area contributed by atoms with E-state index in [-0.39, 0.29) is 30.2 Å². The molecule has 0 aliphatic carbocycles. The molecule has 154 valence electrons. The van der Waals surface area contributed by atoms with Crippen molar-refractivity contribution in [2.75, 3.05) is 19.0 Å². The van der Waals surface area contributed by atoms with Crippen LogP contribution in [0.5, 0.6) is 5.75 Å². The molecule has 2 heterocycles. The molecule has 2 aromatic carbocycles. The minimum absolute atomic E-state index is 0.00423. The number of methoxy groups -OCH3 is 1. The van der Waals surface area contributed by atoms with E-state index in [0.29, 0.717) is 11.7 Å². The third kappa shape index (κ3) is 4.21. The van der Waals surface area contributed by atoms with Crippen molar-refractivity contribution in [2.45, 2.75) is 19.4 Å². The predicted octanol–water partition coefficient (Wildman–Crippen LogP) is 4.37. The lowest BCUT2D eigenvalue weighted by Gasteiger charge is -2.25. The summed E-state index contributed by atoms with van der Waals surface area (Å²) < 4.78 is 5.18. The Hall–Kier alpha value is -3.19. The maximum atomic E-state index is 12.8. The number of hydrogen-bond donors (Lipinski definition) is 1. The predicted molar refractivity (Wildman–Crippen MR) is 117 cm³/mol. The smallest absolute Gasteiger partial charge is 0.231 e. The number of aromatic nitrogens is 1. The SMILES string of the molecule is COc1ccc(-c2csc(NC(=O)[C@H]3CC(=O)N([C@H](C)c4ccccc4)C3)n2)cc1. The summed E-state index contributed by atoms with van der Waals surface area (Å²) >= 11 is 1.37. The highest BCUT2D eigenvalue weighted by molar-refractivity contribution is 7.14. The van der Waals surface area contributed by atoms with Crippen LogP contribution in [0.25, 0.3) is 11.3 Å². The van der Waals surface area contributed by atoms with Gasteiger partial charge in [-0.2, -0.15) is 0 Å². The average Bonchev–Trinajstić information content (AvgIpc) is 3.40. The summed E-state index contributed by atoms with van der Waals surface area (Å²) in [7, 11) is 1.63. The highest BCUT2D eigenvalue weighted by Gasteiger charge is 2.37. The number of benzene rings is 2. The zero-order valence-corrected chi connectivity index (χ0v) is 17.7. The Morgan fingerprint density at radius 3 is 2.63 bits per heavy atom. The highest BCUT2D eigenvalue weighted by Crippen LogP contribution is 2.30. The minimum Gasteiger partial charge on any atom is -0.497 e. The van der Waals surface area contributed by atoms with Crippen molar-refractivity contribution in [1.82, 2.24) is 9.88 Å². The summed E-state index contributed by atoms with van der Waals surface area (Å²) in [6.45, 7) is 2.41. The summed E-state index contributed by atoms with van der Waals surface area (Å²) in [5.74, 6) is 0.242. The van der Waals surface area contributed by atoms with Crippen LogP contribution in [0.3, 0.4) is 0 Å². The number of anilines is 1. The molecule has 0 spiro atoms. The van der Waals surface area contributed by atoms with Crippen molar-refractivity contribution >= 4 is 28.3 Å². The molecule has 6 nitrogen and oxygen atoms in total. The van der Waals surface area contributed by atoms with E-state index in [1.165, 1.54) is 11.3 Å². The molecule has 30 heavy (non-hydrogen) atoms. The number of nitrogens with zero attached hydrogens (tertiary/aromatic N) is 2. The Balaban J connectivity index is 1.40. The standard InChI is InChI=1S/C23H23N3O3S/c1-15(16-6-4-3-5-7-16)26-13-18(12-21(26)27)22(28)25-23-24-20(14-30-23)17-8-10-19(29-2)11-9-17/h3-11,14-15,18H,12-13H2,1-2H3,(H,24,25,28)/t15-,18+/m1/s1. The Kier molecular flexibility index (Phi) is 5.81. The van der Waals surface area contributed by atoms with Crippen LogP contribution in [0.4, 0.5) is 5.13 Å². The monoisotopic (exact) mass is 421 g/mol. The zero-order chi connectivity index (χ0) is 21.1. The van der Waals surface area contributed by atoms with E-state index in [4.69, 9.17) is 4.74 Å². The second-order valence-electron chi connectivity index (χ2n) is 7.29. The van der Waals surface area contributed by atoms with Crippen LogP contribution in [-0.2, 0) is 9.59 Å². The van der Waals surface area contributed by atoms with Crippen LogP contribution in [0.15, 0.2) is 60.0 Å². The Morgan fingerprint density at radius 2 is 1.93 bits per heavy atom. The van der Waals surface area contributed by atoms with Crippen molar-refractivity contribution < 1.29 is 14.3 Å². The molecule has 1 fully saturated rings. The van der Waals surface area contributed by atoms with Gasteiger partial charge in [0.15, 0.2) is 5.13 Å². The van der Waals surface area contributed by atoms with Crippen molar-refractivity contribution in [1.29, 1.82) is 0 Å². The van der Waals surface area contributed by atoms with Gasteiger partial charge in [-0.25, -0.2) is 4.98 Å². The molecule has 0 bridgehead atoms. The Morgan fingerprint density at radius 1 is 1.20 bits per heavy atom. The largest absolute Gasteiger partial charge is 0.497 e. The molecule has 0 radical (unpaired) electrons. The number of hydrogen-bond acceptors (Lipinski definition) is 5. The van der Waals surface area contributed by atoms with Crippen molar-refractivity contribution in [3.05, 3.63) is 65.5 Å². The lowest BCUT2D eigenvalue weighted by atomic mass is 10.1. The van der Waals surface area contributed by atoms with Crippen LogP contribution in [0.1, 0.15) is 24.9 Å². The second-order valence-corrected chi connectivity index (χ2v) is 8.15. The van der Waals surface area contributed by atoms with Crippen molar-refractivity contribution in [3.8, 4) is 17.0 Å². The van der Waals surface area contributed by atoms with Gasteiger partial charge >= 0.3 is 0 Å². The van der Waals surface area contributed by atoms with Gasteiger partial charge in [0.2, 0.25) is 11.8 Å². The van der Waals surface area contributed by atoms with Crippen LogP contribution in [-0.4, -0.2) is 35.4 Å². The fourth-order valence-corrected chi connectivity index (χ4v) is 4.35. The quantitative estimate of drug-likeness (QED) is 0.642. The molecule has 1 aliphatic heterocycles. The molecule has 2 amide bonds. The van der Waals surface area contributed by atoms with Crippen molar-refractivity contribution in [3.63, 3.8) is 0 Å². The molecule has 1 saturated heterocycles. The van der Waals surface area contributed by atoms with Gasteiger partial charge in [0.25, 0.3) is 0 Å². The number of amides is 2. The molecule has 3 aromatic rings. The molecule has 1 aliphatic rings. The summed E-state index contributed by atoms with van der Waals surface area (Å²) in [6, 6.07) is 17.4. The topological polar surface area (TPSA) is 71.5 Å². The average molecular weight is 422 g/mol. The van der Waals surface area contributed by atoms with Gasteiger partial charge in [0.05, 0.1) is 24.8 Å². The number of carbonyl (C=O) groups is 2. The van der Waals surface area contributed by atoms with E-state index in [1.54, 1.807) is 12.0 Å². The summed E-state index contributed by atoms with van der Waals surface area (Å²) in [6.07, 6.45) is 0.222. The lowest BCUT2D eigenvalue weighted by molar-refractivity contribution is -0.129. The lowest BCUT2D eigenvalue weighted by Crippen LogP contribution is -2.30. The molecule has 4 rings (SSSR count). The van der Waals surface area contributed by atoms with Crippen molar-refractivity contribution in [2.24, 2.45) is 5.92 Å². The fraction of sp³-hybridized carbons (Fsp3) is 0.261. The maximum Gasteiger partial charge on any atom is 0.231 e. The van der Waals surface area contributed by atoms with Gasteiger partial charge in [0.1, 0.15) is 5.75 Å². The van der Waals surface area contributed by atoms with Gasteiger partial charge in [-0.1, -0.05) is 30.3 Å². The van der Waals surface area contributed by atoms with Gasteiger partial charge in [-0.05, 0) is 36.8 Å². The van der Waals surface area contributed by atoms with Crippen LogP contribution >= 0.6 is 11.3 Å². The third-order valence-corrected chi connectivity index (χ3v) is 6.16. The molecule has 2 atom stereocenters. The normalized spacial score (nSPS) is 17.1. The number of likely N-dealkylation sites (tertiary alicyclic amines) is 1. The van der Waals surface area contributed by atoms with Gasteiger partial charge in [0, 0.05) is 23.9 Å². The second kappa shape index (κ2) is 8.67. The molecule has 0 unspecified atom stereocenters. The Labute approximate surface area is 179 Å². The van der Waals surface area contributed by atoms with E-state index in [0.717, 1.165) is 22.6 Å². The summed E-state index contributed by atoms with van der Waals surface area (Å²) in [5, 5.41) is 5.32. The van der Waals surface area contributed by atoms with Gasteiger partial charge < -0.3 is 15.0 Å². The fourth-order valence-electron chi connectivity index (χ4n) is 3.63. The number of thiazole rings is 1. The van der Waals surface area contributed by atoms with E-state index in [2.05, 4.69) is 10.3 Å². The molecule has 0 saturated carbocycles. The first-order valence-corrected chi connectivity index (χ1v) is 10.7. The maximum absolute atomic E-state index is 12.8. The van der Waals surface area contributed by atoms with E-state index >= 15 is 0 Å². The van der Waals surface area contributed by atoms with E-state index < -0.39 is 0 Å². The van der Waals surface area contributed by atoms with Crippen LogP contribution < -0.4 is 10.1 Å². The molecular formula is C23H23N3O3S. The van der Waals surface area contributed by atoms with Crippen LogP contribution in [0.2, 0.25) is 0 Å². The number of carbonyl (C=O) groups excluding carboxylic acids is 2. The molecular weight excluding hydrogens is 398 g/mol. The first-order chi connectivity index (χ1) is 14.5. The number of ether oxygens (including phenoxy) is 1. The molecule has 1 aromatic heterocycles. The van der Waals surface area contributed by atoms with Gasteiger partial charge in [-0.15, -0.1) is 11.3 Å². The molecule has 7 heteroatoms. The summed E-state index contributed by atoms with van der Waals surface area (Å²) in [4.78, 5) is 31.6. The first-order valence-electron chi connectivity index (χ1n) is 9.80. The number of nitrogens with one attached hydrogen (secondary N) is 1. The van der Waals surface area contributed by atoms with Crippen LogP contribution in [0, 0.1) is 5.92 Å². The third-order valence-electron chi connectivity index (χ3n) is 5.40. The zero-order valence-electron chi connectivity index (χ0n) is 16.9. The first kappa shape index (κ1) is 20.1. The highest BCUT2D eigenvalue weighted by atomic mass is 32.1. The minimum atomic E-state index is -0.378.